The monoisotopic (exact) mass is 353 g/mol. The summed E-state index contributed by atoms with van der Waals surface area (Å²) < 4.78 is 5.46. The summed E-state index contributed by atoms with van der Waals surface area (Å²) in [5.41, 5.74) is 0. The smallest absolute Gasteiger partial charge is 0.222 e. The summed E-state index contributed by atoms with van der Waals surface area (Å²) in [6.45, 7) is 16.2. The van der Waals surface area contributed by atoms with Gasteiger partial charge in [0.25, 0.3) is 0 Å². The lowest BCUT2D eigenvalue weighted by Gasteiger charge is -2.40. The van der Waals surface area contributed by atoms with Gasteiger partial charge in [0.2, 0.25) is 5.91 Å². The molecule has 0 aromatic rings. The number of nitrogens with zero attached hydrogens (tertiary/aromatic N) is 3. The lowest BCUT2D eigenvalue weighted by atomic mass is 9.95. The summed E-state index contributed by atoms with van der Waals surface area (Å²) in [5.74, 6) is 1.09. The molecule has 0 aliphatic carbocycles. The first kappa shape index (κ1) is 20.7. The second-order valence-corrected chi connectivity index (χ2v) is 7.97. The maximum absolute atomic E-state index is 12.3. The Morgan fingerprint density at radius 3 is 2.32 bits per heavy atom. The third-order valence-electron chi connectivity index (χ3n) is 5.65. The predicted octanol–water partition coefficient (Wildman–Crippen LogP) is 2.46. The molecular formula is C20H39N3O2. The van der Waals surface area contributed by atoms with Crippen LogP contribution in [0.5, 0.6) is 0 Å². The normalized spacial score (nSPS) is 21.2. The third kappa shape index (κ3) is 7.24. The number of ether oxygens (including phenoxy) is 1. The highest BCUT2D eigenvalue weighted by molar-refractivity contribution is 5.76. The Balaban J connectivity index is 1.57. The van der Waals surface area contributed by atoms with E-state index in [9.17, 15) is 4.79 Å². The van der Waals surface area contributed by atoms with Gasteiger partial charge in [0, 0.05) is 71.5 Å². The average Bonchev–Trinajstić information content (AvgIpc) is 2.62. The number of hydrogen-bond acceptors (Lipinski definition) is 4. The van der Waals surface area contributed by atoms with E-state index < -0.39 is 0 Å². The first-order chi connectivity index (χ1) is 12.1. The molecule has 146 valence electrons. The number of carbonyl (C=O) groups excluding carboxylic acids is 1. The number of piperazine rings is 1. The van der Waals surface area contributed by atoms with Crippen molar-refractivity contribution in [2.24, 2.45) is 5.92 Å². The summed E-state index contributed by atoms with van der Waals surface area (Å²) in [6.07, 6.45) is 4.89. The molecule has 25 heavy (non-hydrogen) atoms. The van der Waals surface area contributed by atoms with Crippen molar-refractivity contribution < 1.29 is 9.53 Å². The molecule has 5 heteroatoms. The molecule has 0 radical (unpaired) electrons. The molecule has 0 atom stereocenters. The Kier molecular flexibility index (Phi) is 9.21. The zero-order valence-electron chi connectivity index (χ0n) is 16.7. The van der Waals surface area contributed by atoms with E-state index in [0.717, 1.165) is 45.1 Å². The molecule has 5 nitrogen and oxygen atoms in total. The van der Waals surface area contributed by atoms with Gasteiger partial charge in [-0.1, -0.05) is 6.92 Å². The lowest BCUT2D eigenvalue weighted by Crippen LogP contribution is -2.50. The van der Waals surface area contributed by atoms with E-state index in [2.05, 4.69) is 35.5 Å². The van der Waals surface area contributed by atoms with E-state index in [1.54, 1.807) is 0 Å². The molecule has 2 aliphatic rings. The van der Waals surface area contributed by atoms with Crippen molar-refractivity contribution >= 4 is 5.91 Å². The molecule has 0 aromatic carbocycles. The Labute approximate surface area is 154 Å². The summed E-state index contributed by atoms with van der Waals surface area (Å²) in [6, 6.07) is 0.670. The number of rotatable bonds is 9. The second-order valence-electron chi connectivity index (χ2n) is 7.97. The molecule has 2 aliphatic heterocycles. The van der Waals surface area contributed by atoms with Crippen molar-refractivity contribution in [1.82, 2.24) is 14.7 Å². The van der Waals surface area contributed by atoms with Crippen molar-refractivity contribution in [3.05, 3.63) is 0 Å². The molecule has 2 heterocycles. The van der Waals surface area contributed by atoms with Gasteiger partial charge in [0.1, 0.15) is 0 Å². The summed E-state index contributed by atoms with van der Waals surface area (Å²) in [5, 5.41) is 0. The quantitative estimate of drug-likeness (QED) is 0.597. The largest absolute Gasteiger partial charge is 0.381 e. The van der Waals surface area contributed by atoms with E-state index >= 15 is 0 Å². The van der Waals surface area contributed by atoms with Gasteiger partial charge < -0.3 is 14.5 Å². The van der Waals surface area contributed by atoms with Crippen LogP contribution in [0.3, 0.4) is 0 Å². The minimum Gasteiger partial charge on any atom is -0.381 e. The molecule has 0 spiro atoms. The number of hydrogen-bond donors (Lipinski definition) is 0. The molecule has 2 fully saturated rings. The van der Waals surface area contributed by atoms with E-state index in [0.29, 0.717) is 18.4 Å². The van der Waals surface area contributed by atoms with Crippen LogP contribution in [0.1, 0.15) is 52.9 Å². The number of likely N-dealkylation sites (tertiary alicyclic amines) is 1. The zero-order chi connectivity index (χ0) is 18.1. The molecular weight excluding hydrogens is 314 g/mol. The fourth-order valence-electron chi connectivity index (χ4n) is 3.92. The predicted molar refractivity (Wildman–Crippen MR) is 103 cm³/mol. The van der Waals surface area contributed by atoms with Crippen molar-refractivity contribution in [2.75, 3.05) is 59.0 Å². The minimum absolute atomic E-state index is 0.323. The van der Waals surface area contributed by atoms with Gasteiger partial charge in [0.15, 0.2) is 0 Å². The molecule has 2 saturated heterocycles. The summed E-state index contributed by atoms with van der Waals surface area (Å²) in [4.78, 5) is 19.6. The van der Waals surface area contributed by atoms with Crippen LogP contribution >= 0.6 is 0 Å². The van der Waals surface area contributed by atoms with Gasteiger partial charge in [-0.2, -0.15) is 0 Å². The average molecular weight is 354 g/mol. The Morgan fingerprint density at radius 2 is 1.72 bits per heavy atom. The third-order valence-corrected chi connectivity index (χ3v) is 5.65. The van der Waals surface area contributed by atoms with Gasteiger partial charge in [-0.15, -0.1) is 0 Å². The number of amides is 1. The summed E-state index contributed by atoms with van der Waals surface area (Å²) in [7, 11) is 0. The van der Waals surface area contributed by atoms with Gasteiger partial charge in [0.05, 0.1) is 0 Å². The molecule has 1 amide bonds. The van der Waals surface area contributed by atoms with Gasteiger partial charge in [-0.25, -0.2) is 0 Å². The van der Waals surface area contributed by atoms with Crippen LogP contribution < -0.4 is 0 Å². The SMILES string of the molecule is CCCOCCCC(=O)N1CCC(CN2CCN(C(C)C)CC2)CC1. The maximum atomic E-state index is 12.3. The Hall–Kier alpha value is -0.650. The summed E-state index contributed by atoms with van der Waals surface area (Å²) >= 11 is 0. The van der Waals surface area contributed by atoms with E-state index in [4.69, 9.17) is 4.74 Å². The van der Waals surface area contributed by atoms with Gasteiger partial charge in [-0.3, -0.25) is 9.69 Å². The topological polar surface area (TPSA) is 36.0 Å². The first-order valence-electron chi connectivity index (χ1n) is 10.4. The van der Waals surface area contributed by atoms with Crippen LogP contribution in [0.2, 0.25) is 0 Å². The van der Waals surface area contributed by atoms with E-state index in [1.807, 2.05) is 0 Å². The van der Waals surface area contributed by atoms with Crippen LogP contribution in [-0.4, -0.2) is 85.7 Å². The fourth-order valence-corrected chi connectivity index (χ4v) is 3.92. The highest BCUT2D eigenvalue weighted by Gasteiger charge is 2.26. The molecule has 0 N–H and O–H groups in total. The lowest BCUT2D eigenvalue weighted by molar-refractivity contribution is -0.133. The molecule has 0 aromatic heterocycles. The van der Waals surface area contributed by atoms with E-state index in [-0.39, 0.29) is 0 Å². The maximum Gasteiger partial charge on any atom is 0.222 e. The van der Waals surface area contributed by atoms with Crippen LogP contribution in [0.4, 0.5) is 0 Å². The molecule has 0 saturated carbocycles. The standard InChI is InChI=1S/C20H39N3O2/c1-4-15-25-16-5-6-20(24)23-9-7-19(8-10-23)17-21-11-13-22(14-12-21)18(2)3/h18-19H,4-17H2,1-3H3. The Bertz CT molecular complexity index is 373. The van der Waals surface area contributed by atoms with Crippen molar-refractivity contribution in [3.8, 4) is 0 Å². The van der Waals surface area contributed by atoms with Crippen LogP contribution in [0.25, 0.3) is 0 Å². The van der Waals surface area contributed by atoms with Crippen LogP contribution in [0.15, 0.2) is 0 Å². The second kappa shape index (κ2) is 11.1. The highest BCUT2D eigenvalue weighted by Crippen LogP contribution is 2.20. The molecule has 0 unspecified atom stereocenters. The number of piperidine rings is 1. The molecule has 0 bridgehead atoms. The zero-order valence-corrected chi connectivity index (χ0v) is 16.7. The highest BCUT2D eigenvalue weighted by atomic mass is 16.5. The number of carbonyl (C=O) groups is 1. The van der Waals surface area contributed by atoms with Gasteiger partial charge in [-0.05, 0) is 45.4 Å². The first-order valence-corrected chi connectivity index (χ1v) is 10.4. The Morgan fingerprint density at radius 1 is 1.04 bits per heavy atom. The fraction of sp³-hybridized carbons (Fsp3) is 0.950. The minimum atomic E-state index is 0.323. The van der Waals surface area contributed by atoms with Gasteiger partial charge >= 0.3 is 0 Å². The van der Waals surface area contributed by atoms with Crippen molar-refractivity contribution in [3.63, 3.8) is 0 Å². The van der Waals surface area contributed by atoms with Crippen molar-refractivity contribution in [1.29, 1.82) is 0 Å². The molecule has 2 rings (SSSR count). The van der Waals surface area contributed by atoms with Crippen molar-refractivity contribution in [2.45, 2.75) is 58.9 Å². The van der Waals surface area contributed by atoms with E-state index in [1.165, 1.54) is 45.6 Å². The van der Waals surface area contributed by atoms with Crippen LogP contribution in [-0.2, 0) is 9.53 Å². The van der Waals surface area contributed by atoms with Crippen LogP contribution in [0, 0.1) is 5.92 Å².